The lowest BCUT2D eigenvalue weighted by molar-refractivity contribution is 0.0784. The summed E-state index contributed by atoms with van der Waals surface area (Å²) < 4.78 is 0. The summed E-state index contributed by atoms with van der Waals surface area (Å²) in [5.74, 6) is -0.797. The van der Waals surface area contributed by atoms with E-state index in [1.54, 1.807) is 31.3 Å². The molecule has 1 aromatic heterocycles. The number of aromatic hydroxyl groups is 1. The third-order valence-corrected chi connectivity index (χ3v) is 2.98. The fourth-order valence-electron chi connectivity index (χ4n) is 1.89. The van der Waals surface area contributed by atoms with E-state index in [0.29, 0.717) is 17.7 Å². The van der Waals surface area contributed by atoms with Crippen molar-refractivity contribution in [1.82, 2.24) is 9.88 Å². The zero-order chi connectivity index (χ0) is 15.4. The molecule has 21 heavy (non-hydrogen) atoms. The number of carbonyl (C=O) groups excluding carboxylic acids is 2. The summed E-state index contributed by atoms with van der Waals surface area (Å²) in [4.78, 5) is 28.4. The zero-order valence-corrected chi connectivity index (χ0v) is 11.5. The first-order valence-corrected chi connectivity index (χ1v) is 6.25. The Balaban J connectivity index is 2.08. The van der Waals surface area contributed by atoms with Crippen molar-refractivity contribution < 1.29 is 14.7 Å². The molecule has 0 aliphatic heterocycles. The summed E-state index contributed by atoms with van der Waals surface area (Å²) in [6.45, 7) is 0.369. The maximum atomic E-state index is 12.2. The van der Waals surface area contributed by atoms with Gasteiger partial charge in [-0.15, -0.1) is 0 Å². The molecular formula is C15H15N3O3. The van der Waals surface area contributed by atoms with E-state index in [-0.39, 0.29) is 11.7 Å². The summed E-state index contributed by atoms with van der Waals surface area (Å²) in [5.41, 5.74) is 6.77. The molecule has 0 saturated heterocycles. The number of hydrogen-bond acceptors (Lipinski definition) is 4. The van der Waals surface area contributed by atoms with Crippen LogP contribution in [0.15, 0.2) is 42.7 Å². The van der Waals surface area contributed by atoms with Crippen LogP contribution in [0.25, 0.3) is 0 Å². The fraction of sp³-hybridized carbons (Fsp3) is 0.133. The average Bonchev–Trinajstić information content (AvgIpc) is 2.47. The molecule has 108 valence electrons. The first-order chi connectivity index (χ1) is 9.97. The molecule has 0 unspecified atom stereocenters. The van der Waals surface area contributed by atoms with Gasteiger partial charge in [-0.05, 0) is 23.8 Å². The van der Waals surface area contributed by atoms with Crippen molar-refractivity contribution in [3.05, 3.63) is 59.4 Å². The third kappa shape index (κ3) is 3.56. The van der Waals surface area contributed by atoms with Crippen molar-refractivity contribution in [3.8, 4) is 5.75 Å². The normalized spacial score (nSPS) is 10.1. The predicted molar refractivity (Wildman–Crippen MR) is 76.7 cm³/mol. The van der Waals surface area contributed by atoms with Gasteiger partial charge >= 0.3 is 0 Å². The lowest BCUT2D eigenvalue weighted by Gasteiger charge is -2.17. The van der Waals surface area contributed by atoms with E-state index < -0.39 is 5.91 Å². The van der Waals surface area contributed by atoms with Crippen molar-refractivity contribution in [2.75, 3.05) is 7.05 Å². The molecule has 0 atom stereocenters. The van der Waals surface area contributed by atoms with Gasteiger partial charge in [0.05, 0.1) is 11.8 Å². The van der Waals surface area contributed by atoms with Gasteiger partial charge in [0.2, 0.25) is 5.91 Å². The van der Waals surface area contributed by atoms with E-state index in [1.165, 1.54) is 23.4 Å². The Morgan fingerprint density at radius 3 is 2.43 bits per heavy atom. The number of rotatable bonds is 4. The molecule has 2 aromatic rings. The second-order valence-corrected chi connectivity index (χ2v) is 4.65. The maximum Gasteiger partial charge on any atom is 0.255 e. The van der Waals surface area contributed by atoms with Gasteiger partial charge in [-0.25, -0.2) is 0 Å². The topological polar surface area (TPSA) is 96.5 Å². The van der Waals surface area contributed by atoms with Crippen LogP contribution in [0.3, 0.4) is 0 Å². The number of hydrogen-bond donors (Lipinski definition) is 2. The van der Waals surface area contributed by atoms with Crippen LogP contribution in [0.2, 0.25) is 0 Å². The van der Waals surface area contributed by atoms with Gasteiger partial charge in [-0.1, -0.05) is 12.1 Å². The minimum atomic E-state index is -0.489. The highest BCUT2D eigenvalue weighted by Gasteiger charge is 2.13. The Hall–Kier alpha value is -2.89. The lowest BCUT2D eigenvalue weighted by Crippen LogP contribution is -2.26. The SMILES string of the molecule is CN(Cc1ccc(C(N)=O)cc1)C(=O)c1cncc(O)c1. The van der Waals surface area contributed by atoms with Crippen molar-refractivity contribution in [1.29, 1.82) is 0 Å². The van der Waals surface area contributed by atoms with Crippen LogP contribution in [0, 0.1) is 0 Å². The Morgan fingerprint density at radius 1 is 1.19 bits per heavy atom. The Labute approximate surface area is 121 Å². The summed E-state index contributed by atoms with van der Waals surface area (Å²) in [5, 5.41) is 9.34. The smallest absolute Gasteiger partial charge is 0.255 e. The molecule has 2 amide bonds. The van der Waals surface area contributed by atoms with Crippen LogP contribution in [0.5, 0.6) is 5.75 Å². The monoisotopic (exact) mass is 285 g/mol. The quantitative estimate of drug-likeness (QED) is 0.880. The van der Waals surface area contributed by atoms with E-state index in [4.69, 9.17) is 5.73 Å². The van der Waals surface area contributed by atoms with Crippen LogP contribution < -0.4 is 5.73 Å². The summed E-state index contributed by atoms with van der Waals surface area (Å²) in [7, 11) is 1.65. The van der Waals surface area contributed by atoms with Crippen LogP contribution in [0.4, 0.5) is 0 Å². The number of nitrogens with zero attached hydrogens (tertiary/aromatic N) is 2. The zero-order valence-electron chi connectivity index (χ0n) is 11.5. The Kier molecular flexibility index (Phi) is 4.18. The van der Waals surface area contributed by atoms with Crippen molar-refractivity contribution >= 4 is 11.8 Å². The number of carbonyl (C=O) groups is 2. The highest BCUT2D eigenvalue weighted by atomic mass is 16.3. The van der Waals surface area contributed by atoms with Gasteiger partial charge in [0.15, 0.2) is 0 Å². The van der Waals surface area contributed by atoms with E-state index in [9.17, 15) is 14.7 Å². The second kappa shape index (κ2) is 6.04. The molecule has 0 aliphatic rings. The van der Waals surface area contributed by atoms with E-state index in [1.807, 2.05) is 0 Å². The standard InChI is InChI=1S/C15H15N3O3/c1-18(15(21)12-6-13(19)8-17-7-12)9-10-2-4-11(5-3-10)14(16)20/h2-8,19H,9H2,1H3,(H2,16,20). The molecule has 2 rings (SSSR count). The number of benzene rings is 1. The second-order valence-electron chi connectivity index (χ2n) is 4.65. The molecule has 3 N–H and O–H groups in total. The van der Waals surface area contributed by atoms with Crippen molar-refractivity contribution in [2.24, 2.45) is 5.73 Å². The molecule has 0 spiro atoms. The highest BCUT2D eigenvalue weighted by Crippen LogP contribution is 2.13. The number of pyridine rings is 1. The molecule has 1 aromatic carbocycles. The van der Waals surface area contributed by atoms with Gasteiger partial charge in [0.25, 0.3) is 5.91 Å². The molecule has 0 saturated carbocycles. The van der Waals surface area contributed by atoms with Gasteiger partial charge in [-0.2, -0.15) is 0 Å². The molecular weight excluding hydrogens is 270 g/mol. The Bertz CT molecular complexity index is 668. The van der Waals surface area contributed by atoms with Gasteiger partial charge in [0, 0.05) is 25.4 Å². The van der Waals surface area contributed by atoms with Crippen molar-refractivity contribution in [2.45, 2.75) is 6.54 Å². The summed E-state index contributed by atoms with van der Waals surface area (Å²) in [6, 6.07) is 8.08. The van der Waals surface area contributed by atoms with Gasteiger partial charge < -0.3 is 15.7 Å². The average molecular weight is 285 g/mol. The molecule has 6 heteroatoms. The Morgan fingerprint density at radius 2 is 1.86 bits per heavy atom. The van der Waals surface area contributed by atoms with Crippen molar-refractivity contribution in [3.63, 3.8) is 0 Å². The van der Waals surface area contributed by atoms with Crippen LogP contribution in [-0.2, 0) is 6.54 Å². The molecule has 6 nitrogen and oxygen atoms in total. The first kappa shape index (κ1) is 14.5. The van der Waals surface area contributed by atoms with E-state index in [0.717, 1.165) is 5.56 Å². The fourth-order valence-corrected chi connectivity index (χ4v) is 1.89. The van der Waals surface area contributed by atoms with Crippen LogP contribution >= 0.6 is 0 Å². The molecule has 0 bridgehead atoms. The highest BCUT2D eigenvalue weighted by molar-refractivity contribution is 5.94. The number of primary amides is 1. The molecule has 0 aliphatic carbocycles. The minimum absolute atomic E-state index is 0.0555. The predicted octanol–water partition coefficient (Wildman–Crippen LogP) is 1.16. The summed E-state index contributed by atoms with van der Waals surface area (Å²) in [6.07, 6.45) is 2.66. The summed E-state index contributed by atoms with van der Waals surface area (Å²) >= 11 is 0. The first-order valence-electron chi connectivity index (χ1n) is 6.25. The molecule has 0 radical (unpaired) electrons. The molecule has 0 fully saturated rings. The van der Waals surface area contributed by atoms with Gasteiger partial charge in [-0.3, -0.25) is 14.6 Å². The number of nitrogens with two attached hydrogens (primary N) is 1. The number of aromatic nitrogens is 1. The number of amides is 2. The largest absolute Gasteiger partial charge is 0.506 e. The maximum absolute atomic E-state index is 12.2. The van der Waals surface area contributed by atoms with Crippen LogP contribution in [0.1, 0.15) is 26.3 Å². The van der Waals surface area contributed by atoms with E-state index >= 15 is 0 Å². The minimum Gasteiger partial charge on any atom is -0.506 e. The third-order valence-electron chi connectivity index (χ3n) is 2.98. The molecule has 1 heterocycles. The lowest BCUT2D eigenvalue weighted by atomic mass is 10.1. The van der Waals surface area contributed by atoms with Crippen LogP contribution in [-0.4, -0.2) is 33.9 Å². The van der Waals surface area contributed by atoms with E-state index in [2.05, 4.69) is 4.98 Å². The van der Waals surface area contributed by atoms with Gasteiger partial charge in [0.1, 0.15) is 5.75 Å².